The van der Waals surface area contributed by atoms with E-state index in [1.807, 2.05) is 25.8 Å². The molecule has 6 heteroatoms. The Morgan fingerprint density at radius 2 is 2.35 bits per heavy atom. The smallest absolute Gasteiger partial charge is 0.252 e. The molecule has 1 aromatic heterocycles. The first-order valence-corrected chi connectivity index (χ1v) is 5.95. The van der Waals surface area contributed by atoms with Gasteiger partial charge in [0.05, 0.1) is 4.99 Å². The molecule has 0 spiro atoms. The number of nitrogens with zero attached hydrogens (tertiary/aromatic N) is 2. The van der Waals surface area contributed by atoms with Gasteiger partial charge in [0.1, 0.15) is 11.6 Å². The van der Waals surface area contributed by atoms with E-state index in [-0.39, 0.29) is 11.5 Å². The highest BCUT2D eigenvalue weighted by Gasteiger charge is 2.11. The summed E-state index contributed by atoms with van der Waals surface area (Å²) in [6.07, 6.45) is 0.696. The SMILES string of the molecule is CCc1nc(N(C)CC(C)C(N)=S)cc(=O)[nH]1. The normalized spacial score (nSPS) is 12.2. The van der Waals surface area contributed by atoms with Crippen LogP contribution in [0.2, 0.25) is 0 Å². The van der Waals surface area contributed by atoms with E-state index in [0.29, 0.717) is 29.6 Å². The third-order valence-electron chi connectivity index (χ3n) is 2.54. The molecule has 0 aliphatic rings. The third-order valence-corrected chi connectivity index (χ3v) is 2.94. The van der Waals surface area contributed by atoms with Crippen molar-refractivity contribution in [2.45, 2.75) is 20.3 Å². The van der Waals surface area contributed by atoms with Gasteiger partial charge in [0.2, 0.25) is 0 Å². The molecule has 1 aromatic rings. The monoisotopic (exact) mass is 254 g/mol. The summed E-state index contributed by atoms with van der Waals surface area (Å²) >= 11 is 4.92. The lowest BCUT2D eigenvalue weighted by atomic mass is 10.2. The molecule has 1 heterocycles. The van der Waals surface area contributed by atoms with Crippen molar-refractivity contribution >= 4 is 23.0 Å². The number of anilines is 1. The molecule has 0 bridgehead atoms. The minimum Gasteiger partial charge on any atom is -0.393 e. The van der Waals surface area contributed by atoms with Gasteiger partial charge in [-0.25, -0.2) is 4.98 Å². The quantitative estimate of drug-likeness (QED) is 0.756. The van der Waals surface area contributed by atoms with E-state index in [1.165, 1.54) is 6.07 Å². The third kappa shape index (κ3) is 3.81. The molecule has 0 aromatic carbocycles. The summed E-state index contributed by atoms with van der Waals surface area (Å²) in [5, 5.41) is 0. The fourth-order valence-corrected chi connectivity index (χ4v) is 1.53. The van der Waals surface area contributed by atoms with Gasteiger partial charge < -0.3 is 15.6 Å². The summed E-state index contributed by atoms with van der Waals surface area (Å²) in [4.78, 5) is 20.8. The fourth-order valence-electron chi connectivity index (χ4n) is 1.45. The molecule has 0 radical (unpaired) electrons. The lowest BCUT2D eigenvalue weighted by molar-refractivity contribution is 0.729. The number of aromatic amines is 1. The van der Waals surface area contributed by atoms with Crippen LogP contribution in [0, 0.1) is 5.92 Å². The molecule has 1 atom stereocenters. The van der Waals surface area contributed by atoms with E-state index in [9.17, 15) is 4.79 Å². The minimum atomic E-state index is -0.137. The number of H-pyrrole nitrogens is 1. The minimum absolute atomic E-state index is 0.0844. The highest BCUT2D eigenvalue weighted by atomic mass is 32.1. The van der Waals surface area contributed by atoms with Gasteiger partial charge in [0.15, 0.2) is 0 Å². The van der Waals surface area contributed by atoms with Gasteiger partial charge in [-0.05, 0) is 0 Å². The van der Waals surface area contributed by atoms with Gasteiger partial charge >= 0.3 is 0 Å². The molecular weight excluding hydrogens is 236 g/mol. The van der Waals surface area contributed by atoms with Crippen LogP contribution in [0.5, 0.6) is 0 Å². The highest BCUT2D eigenvalue weighted by molar-refractivity contribution is 7.80. The molecule has 1 unspecified atom stereocenters. The second kappa shape index (κ2) is 5.77. The number of nitrogens with one attached hydrogen (secondary N) is 1. The molecular formula is C11H18N4OS. The van der Waals surface area contributed by atoms with Crippen LogP contribution >= 0.6 is 12.2 Å². The number of nitrogens with two attached hydrogens (primary N) is 1. The predicted molar refractivity (Wildman–Crippen MR) is 73.5 cm³/mol. The number of rotatable bonds is 5. The largest absolute Gasteiger partial charge is 0.393 e. The summed E-state index contributed by atoms with van der Waals surface area (Å²) in [5.41, 5.74) is 5.43. The average molecular weight is 254 g/mol. The summed E-state index contributed by atoms with van der Waals surface area (Å²) in [6.45, 7) is 4.54. The summed E-state index contributed by atoms with van der Waals surface area (Å²) < 4.78 is 0. The Balaban J connectivity index is 2.88. The maximum Gasteiger partial charge on any atom is 0.252 e. The van der Waals surface area contributed by atoms with Crippen LogP contribution in [0.4, 0.5) is 5.82 Å². The van der Waals surface area contributed by atoms with Gasteiger partial charge in [0, 0.05) is 32.0 Å². The number of hydrogen-bond donors (Lipinski definition) is 2. The predicted octanol–water partition coefficient (Wildman–Crippen LogP) is 0.691. The molecule has 0 saturated carbocycles. The van der Waals surface area contributed by atoms with Crippen molar-refractivity contribution < 1.29 is 0 Å². The van der Waals surface area contributed by atoms with Gasteiger partial charge in [0.25, 0.3) is 5.56 Å². The lowest BCUT2D eigenvalue weighted by Crippen LogP contribution is -2.32. The molecule has 0 saturated heterocycles. The van der Waals surface area contributed by atoms with Crippen molar-refractivity contribution in [2.75, 3.05) is 18.5 Å². The van der Waals surface area contributed by atoms with Crippen LogP contribution in [-0.2, 0) is 6.42 Å². The van der Waals surface area contributed by atoms with E-state index in [4.69, 9.17) is 18.0 Å². The van der Waals surface area contributed by atoms with E-state index in [0.717, 1.165) is 0 Å². The van der Waals surface area contributed by atoms with Gasteiger partial charge in [-0.1, -0.05) is 26.1 Å². The standard InChI is InChI=1S/C11H18N4OS/c1-4-8-13-9(5-10(16)14-8)15(3)6-7(2)11(12)17/h5,7H,4,6H2,1-3H3,(H2,12,17)(H,13,14,16). The maximum atomic E-state index is 11.4. The molecule has 5 nitrogen and oxygen atoms in total. The van der Waals surface area contributed by atoms with Crippen molar-refractivity contribution in [3.63, 3.8) is 0 Å². The Kier molecular flexibility index (Phi) is 4.62. The molecule has 0 amide bonds. The van der Waals surface area contributed by atoms with Crippen LogP contribution in [-0.4, -0.2) is 28.5 Å². The summed E-state index contributed by atoms with van der Waals surface area (Å²) in [5.74, 6) is 1.41. The van der Waals surface area contributed by atoms with Crippen LogP contribution in [0.25, 0.3) is 0 Å². The van der Waals surface area contributed by atoms with Crippen molar-refractivity contribution in [1.82, 2.24) is 9.97 Å². The van der Waals surface area contributed by atoms with E-state index < -0.39 is 0 Å². The molecule has 0 fully saturated rings. The number of thiocarbonyl (C=S) groups is 1. The van der Waals surface area contributed by atoms with Crippen LogP contribution in [0.3, 0.4) is 0 Å². The Hall–Kier alpha value is -1.43. The molecule has 1 rings (SSSR count). The summed E-state index contributed by atoms with van der Waals surface area (Å²) in [7, 11) is 1.87. The zero-order valence-electron chi connectivity index (χ0n) is 10.4. The van der Waals surface area contributed by atoms with Crippen molar-refractivity contribution in [3.05, 3.63) is 22.2 Å². The van der Waals surface area contributed by atoms with Crippen LogP contribution in [0.15, 0.2) is 10.9 Å². The fraction of sp³-hybridized carbons (Fsp3) is 0.545. The lowest BCUT2D eigenvalue weighted by Gasteiger charge is -2.21. The van der Waals surface area contributed by atoms with Gasteiger partial charge in [-0.2, -0.15) is 0 Å². The second-order valence-electron chi connectivity index (χ2n) is 4.09. The van der Waals surface area contributed by atoms with E-state index >= 15 is 0 Å². The van der Waals surface area contributed by atoms with Crippen molar-refractivity contribution in [3.8, 4) is 0 Å². The van der Waals surface area contributed by atoms with Crippen LogP contribution in [0.1, 0.15) is 19.7 Å². The molecule has 94 valence electrons. The highest BCUT2D eigenvalue weighted by Crippen LogP contribution is 2.09. The topological polar surface area (TPSA) is 75.0 Å². The first-order chi connectivity index (χ1) is 7.93. The first-order valence-electron chi connectivity index (χ1n) is 5.54. The number of aromatic nitrogens is 2. The number of aryl methyl sites for hydroxylation is 1. The first kappa shape index (κ1) is 13.6. The zero-order valence-corrected chi connectivity index (χ0v) is 11.2. The average Bonchev–Trinajstić information content (AvgIpc) is 2.27. The Morgan fingerprint density at radius 3 is 2.88 bits per heavy atom. The van der Waals surface area contributed by atoms with Crippen LogP contribution < -0.4 is 16.2 Å². The van der Waals surface area contributed by atoms with E-state index in [1.54, 1.807) is 0 Å². The Bertz CT molecular complexity index is 457. The molecule has 0 aliphatic carbocycles. The second-order valence-corrected chi connectivity index (χ2v) is 4.56. The molecule has 3 N–H and O–H groups in total. The molecule has 17 heavy (non-hydrogen) atoms. The molecule has 0 aliphatic heterocycles. The summed E-state index contributed by atoms with van der Waals surface area (Å²) in [6, 6.07) is 1.48. The van der Waals surface area contributed by atoms with Gasteiger partial charge in [-0.3, -0.25) is 4.79 Å². The zero-order chi connectivity index (χ0) is 13.0. The van der Waals surface area contributed by atoms with Gasteiger partial charge in [-0.15, -0.1) is 0 Å². The Morgan fingerprint density at radius 1 is 1.71 bits per heavy atom. The Labute approximate surface area is 106 Å². The van der Waals surface area contributed by atoms with E-state index in [2.05, 4.69) is 9.97 Å². The number of hydrogen-bond acceptors (Lipinski definition) is 4. The van der Waals surface area contributed by atoms with Crippen molar-refractivity contribution in [2.24, 2.45) is 11.7 Å². The van der Waals surface area contributed by atoms with Crippen molar-refractivity contribution in [1.29, 1.82) is 0 Å². The maximum absolute atomic E-state index is 11.4.